The van der Waals surface area contributed by atoms with E-state index >= 15 is 0 Å². The van der Waals surface area contributed by atoms with Crippen LogP contribution in [0.2, 0.25) is 0 Å². The van der Waals surface area contributed by atoms with Crippen molar-refractivity contribution in [2.45, 2.75) is 26.2 Å². The minimum atomic E-state index is -0.203. The molecule has 2 rings (SSSR count). The van der Waals surface area contributed by atoms with Gasteiger partial charge in [-0.3, -0.25) is 4.79 Å². The molecule has 1 aliphatic rings. The number of ether oxygens (including phenoxy) is 1. The summed E-state index contributed by atoms with van der Waals surface area (Å²) in [5.74, 6) is 1.02. The summed E-state index contributed by atoms with van der Waals surface area (Å²) >= 11 is 0. The molecule has 0 radical (unpaired) electrons. The van der Waals surface area contributed by atoms with E-state index in [1.165, 1.54) is 0 Å². The normalized spacial score (nSPS) is 16.1. The van der Waals surface area contributed by atoms with Crippen LogP contribution in [0.15, 0.2) is 18.2 Å². The molecule has 0 saturated carbocycles. The Balaban J connectivity index is 2.01. The lowest BCUT2D eigenvalue weighted by atomic mass is 9.93. The molecule has 110 valence electrons. The van der Waals surface area contributed by atoms with Crippen molar-refractivity contribution >= 4 is 17.3 Å². The van der Waals surface area contributed by atoms with Gasteiger partial charge in [0.25, 0.3) is 0 Å². The lowest BCUT2D eigenvalue weighted by Crippen LogP contribution is -2.35. The third-order valence-electron chi connectivity index (χ3n) is 3.69. The first-order chi connectivity index (χ1) is 9.58. The van der Waals surface area contributed by atoms with Gasteiger partial charge in [0.2, 0.25) is 5.91 Å². The maximum absolute atomic E-state index is 11.0. The zero-order valence-corrected chi connectivity index (χ0v) is 12.0. The quantitative estimate of drug-likeness (QED) is 0.803. The van der Waals surface area contributed by atoms with E-state index in [9.17, 15) is 4.79 Å². The SMILES string of the molecule is CCOc1cc(N)cc(N2CCC(CC(N)=O)CC2)c1. The van der Waals surface area contributed by atoms with Crippen LogP contribution in [0.25, 0.3) is 0 Å². The van der Waals surface area contributed by atoms with Crippen LogP contribution in [0.3, 0.4) is 0 Å². The molecule has 1 heterocycles. The number of piperidine rings is 1. The maximum atomic E-state index is 11.0. The Labute approximate surface area is 119 Å². The average Bonchev–Trinajstić information content (AvgIpc) is 2.38. The Morgan fingerprint density at radius 2 is 2.05 bits per heavy atom. The summed E-state index contributed by atoms with van der Waals surface area (Å²) in [5, 5.41) is 0. The van der Waals surface area contributed by atoms with Crippen LogP contribution in [-0.2, 0) is 4.79 Å². The first-order valence-electron chi connectivity index (χ1n) is 7.15. The lowest BCUT2D eigenvalue weighted by molar-refractivity contribution is -0.119. The predicted molar refractivity (Wildman–Crippen MR) is 80.8 cm³/mol. The number of carbonyl (C=O) groups is 1. The molecule has 0 bridgehead atoms. The molecule has 1 fully saturated rings. The Bertz CT molecular complexity index is 468. The smallest absolute Gasteiger partial charge is 0.217 e. The van der Waals surface area contributed by atoms with Crippen molar-refractivity contribution in [2.75, 3.05) is 30.3 Å². The van der Waals surface area contributed by atoms with E-state index in [-0.39, 0.29) is 5.91 Å². The second-order valence-corrected chi connectivity index (χ2v) is 5.29. The molecule has 0 spiro atoms. The van der Waals surface area contributed by atoms with Crippen LogP contribution in [0, 0.1) is 5.92 Å². The molecule has 20 heavy (non-hydrogen) atoms. The van der Waals surface area contributed by atoms with Crippen LogP contribution in [-0.4, -0.2) is 25.6 Å². The van der Waals surface area contributed by atoms with Gasteiger partial charge < -0.3 is 21.1 Å². The topological polar surface area (TPSA) is 81.6 Å². The molecule has 0 aromatic heterocycles. The standard InChI is InChI=1S/C15H23N3O2/c1-2-20-14-9-12(16)8-13(10-14)18-5-3-11(4-6-18)7-15(17)19/h8-11H,2-7,16H2,1H3,(H2,17,19). The molecule has 1 amide bonds. The highest BCUT2D eigenvalue weighted by Gasteiger charge is 2.21. The molecular weight excluding hydrogens is 254 g/mol. The summed E-state index contributed by atoms with van der Waals surface area (Å²) < 4.78 is 5.52. The molecule has 1 aromatic rings. The Kier molecular flexibility index (Phi) is 4.71. The van der Waals surface area contributed by atoms with Crippen LogP contribution < -0.4 is 21.1 Å². The van der Waals surface area contributed by atoms with E-state index < -0.39 is 0 Å². The van der Waals surface area contributed by atoms with Crippen LogP contribution in [0.4, 0.5) is 11.4 Å². The van der Waals surface area contributed by atoms with Crippen molar-refractivity contribution in [3.63, 3.8) is 0 Å². The summed E-state index contributed by atoms with van der Waals surface area (Å²) in [6, 6.07) is 5.83. The van der Waals surface area contributed by atoms with E-state index in [0.717, 1.165) is 37.4 Å². The average molecular weight is 277 g/mol. The fourth-order valence-corrected chi connectivity index (χ4v) is 2.72. The zero-order chi connectivity index (χ0) is 14.5. The third kappa shape index (κ3) is 3.79. The highest BCUT2D eigenvalue weighted by Crippen LogP contribution is 2.29. The van der Waals surface area contributed by atoms with E-state index in [1.807, 2.05) is 25.1 Å². The third-order valence-corrected chi connectivity index (χ3v) is 3.69. The van der Waals surface area contributed by atoms with Gasteiger partial charge >= 0.3 is 0 Å². The summed E-state index contributed by atoms with van der Waals surface area (Å²) in [6.45, 7) is 4.43. The van der Waals surface area contributed by atoms with Gasteiger partial charge in [-0.05, 0) is 31.7 Å². The largest absolute Gasteiger partial charge is 0.494 e. The number of nitrogen functional groups attached to an aromatic ring is 1. The highest BCUT2D eigenvalue weighted by molar-refractivity contribution is 5.74. The predicted octanol–water partition coefficient (Wildman–Crippen LogP) is 1.76. The van der Waals surface area contributed by atoms with Gasteiger partial charge in [-0.2, -0.15) is 0 Å². The van der Waals surface area contributed by atoms with Crippen molar-refractivity contribution < 1.29 is 9.53 Å². The number of nitrogens with two attached hydrogens (primary N) is 2. The fourth-order valence-electron chi connectivity index (χ4n) is 2.72. The van der Waals surface area contributed by atoms with Crippen molar-refractivity contribution in [3.8, 4) is 5.75 Å². The van der Waals surface area contributed by atoms with Crippen LogP contribution in [0.5, 0.6) is 5.75 Å². The van der Waals surface area contributed by atoms with E-state index in [1.54, 1.807) is 0 Å². The molecule has 5 heteroatoms. The number of carbonyl (C=O) groups excluding carboxylic acids is 1. The number of rotatable bonds is 5. The van der Waals surface area contributed by atoms with E-state index in [2.05, 4.69) is 4.90 Å². The van der Waals surface area contributed by atoms with Crippen LogP contribution in [0.1, 0.15) is 26.2 Å². The maximum Gasteiger partial charge on any atom is 0.217 e. The van der Waals surface area contributed by atoms with Crippen molar-refractivity contribution in [1.29, 1.82) is 0 Å². The summed E-state index contributed by atoms with van der Waals surface area (Å²) in [5.41, 5.74) is 13.0. The van der Waals surface area contributed by atoms with Crippen molar-refractivity contribution in [2.24, 2.45) is 11.7 Å². The molecular formula is C15H23N3O2. The van der Waals surface area contributed by atoms with Gasteiger partial charge in [0.1, 0.15) is 5.75 Å². The number of nitrogens with zero attached hydrogens (tertiary/aromatic N) is 1. The van der Waals surface area contributed by atoms with Gasteiger partial charge in [-0.25, -0.2) is 0 Å². The Morgan fingerprint density at radius 3 is 2.65 bits per heavy atom. The first kappa shape index (κ1) is 14.5. The molecule has 1 aliphatic heterocycles. The molecule has 0 atom stereocenters. The van der Waals surface area contributed by atoms with Gasteiger partial charge in [0.15, 0.2) is 0 Å². The minimum Gasteiger partial charge on any atom is -0.494 e. The molecule has 5 nitrogen and oxygen atoms in total. The van der Waals surface area contributed by atoms with E-state index in [4.69, 9.17) is 16.2 Å². The summed E-state index contributed by atoms with van der Waals surface area (Å²) in [7, 11) is 0. The molecule has 0 unspecified atom stereocenters. The number of benzene rings is 1. The van der Waals surface area contributed by atoms with Crippen LogP contribution >= 0.6 is 0 Å². The number of amides is 1. The highest BCUT2D eigenvalue weighted by atomic mass is 16.5. The minimum absolute atomic E-state index is 0.203. The molecule has 1 saturated heterocycles. The second kappa shape index (κ2) is 6.50. The van der Waals surface area contributed by atoms with Gasteiger partial charge in [-0.1, -0.05) is 0 Å². The van der Waals surface area contributed by atoms with Gasteiger partial charge in [-0.15, -0.1) is 0 Å². The summed E-state index contributed by atoms with van der Waals surface area (Å²) in [6.07, 6.45) is 2.47. The van der Waals surface area contributed by atoms with E-state index in [0.29, 0.717) is 24.6 Å². The monoisotopic (exact) mass is 277 g/mol. The number of hydrogen-bond acceptors (Lipinski definition) is 4. The number of hydrogen-bond donors (Lipinski definition) is 2. The molecule has 4 N–H and O–H groups in total. The fraction of sp³-hybridized carbons (Fsp3) is 0.533. The molecule has 0 aliphatic carbocycles. The first-order valence-corrected chi connectivity index (χ1v) is 7.15. The number of anilines is 2. The second-order valence-electron chi connectivity index (χ2n) is 5.29. The Hall–Kier alpha value is -1.91. The number of primary amides is 1. The van der Waals surface area contributed by atoms with Crippen molar-refractivity contribution in [3.05, 3.63) is 18.2 Å². The Morgan fingerprint density at radius 1 is 1.35 bits per heavy atom. The summed E-state index contributed by atoms with van der Waals surface area (Å²) in [4.78, 5) is 13.2. The molecule has 1 aromatic carbocycles. The zero-order valence-electron chi connectivity index (χ0n) is 12.0. The van der Waals surface area contributed by atoms with Gasteiger partial charge in [0.05, 0.1) is 6.61 Å². The van der Waals surface area contributed by atoms with Crippen molar-refractivity contribution in [1.82, 2.24) is 0 Å². The van der Waals surface area contributed by atoms with Gasteiger partial charge in [0, 0.05) is 43.0 Å². The lowest BCUT2D eigenvalue weighted by Gasteiger charge is -2.33.